The Labute approximate surface area is 178 Å². The molecule has 3 N–H and O–H groups in total. The number of hydrogen-bond donors (Lipinski definition) is 3. The zero-order chi connectivity index (χ0) is 23.3. The summed E-state index contributed by atoms with van der Waals surface area (Å²) in [7, 11) is 1.42. The Morgan fingerprint density at radius 1 is 1.28 bits per heavy atom. The minimum absolute atomic E-state index is 0.107. The molecule has 0 saturated carbocycles. The molecule has 3 rings (SSSR count). The average Bonchev–Trinajstić information content (AvgIpc) is 3.16. The molecule has 14 heteroatoms. The molecule has 0 bridgehead atoms. The van der Waals surface area contributed by atoms with Crippen molar-refractivity contribution >= 4 is 23.2 Å². The predicted molar refractivity (Wildman–Crippen MR) is 108 cm³/mol. The Morgan fingerprint density at radius 2 is 2.03 bits per heavy atom. The molecule has 1 unspecified atom stereocenters. The summed E-state index contributed by atoms with van der Waals surface area (Å²) in [5.41, 5.74) is -1.62. The number of ether oxygens (including phenoxy) is 1. The first-order valence-corrected chi connectivity index (χ1v) is 8.88. The van der Waals surface area contributed by atoms with Gasteiger partial charge in [-0.3, -0.25) is 19.6 Å². The number of para-hydroxylation sites is 2. The number of nitrogens with one attached hydrogen (secondary N) is 3. The molecule has 162 valence electrons. The number of carbonyl (C=O) groups is 2. The number of nitrogens with zero attached hydrogens (tertiary/aromatic N) is 6. The first kappa shape index (κ1) is 21.8. The molecule has 2 aromatic heterocycles. The third-order valence-corrected chi connectivity index (χ3v) is 3.98. The van der Waals surface area contributed by atoms with Crippen molar-refractivity contribution in [2.24, 2.45) is 10.2 Å². The van der Waals surface area contributed by atoms with Crippen molar-refractivity contribution in [1.82, 2.24) is 24.7 Å². The van der Waals surface area contributed by atoms with Gasteiger partial charge >= 0.3 is 11.4 Å². The normalized spacial score (nSPS) is 11.7. The summed E-state index contributed by atoms with van der Waals surface area (Å²) in [6.45, 7) is 1.14. The summed E-state index contributed by atoms with van der Waals surface area (Å²) in [5.74, 6) is -1.65. The molecular weight excluding hydrogens is 422 g/mol. The Balaban J connectivity index is 1.97. The average molecular weight is 437 g/mol. The largest absolute Gasteiger partial charge is 0.495 e. The minimum atomic E-state index is -1.57. The Hall–Kier alpha value is -4.93. The van der Waals surface area contributed by atoms with Crippen LogP contribution >= 0.6 is 0 Å². The van der Waals surface area contributed by atoms with Crippen molar-refractivity contribution in [2.45, 2.75) is 13.0 Å². The van der Waals surface area contributed by atoms with Crippen molar-refractivity contribution in [3.8, 4) is 17.8 Å². The number of ketones is 1. The van der Waals surface area contributed by atoms with E-state index in [4.69, 9.17) is 4.74 Å². The highest BCUT2D eigenvalue weighted by molar-refractivity contribution is 6.10. The molecule has 0 radical (unpaired) electrons. The molecule has 0 spiro atoms. The molecule has 1 amide bonds. The van der Waals surface area contributed by atoms with Gasteiger partial charge in [0.2, 0.25) is 12.0 Å². The van der Waals surface area contributed by atoms with E-state index in [9.17, 15) is 24.4 Å². The number of nitriles is 1. The van der Waals surface area contributed by atoms with Gasteiger partial charge in [0.15, 0.2) is 11.6 Å². The van der Waals surface area contributed by atoms with Crippen molar-refractivity contribution < 1.29 is 14.3 Å². The van der Waals surface area contributed by atoms with Crippen LogP contribution in [-0.2, 0) is 9.59 Å². The summed E-state index contributed by atoms with van der Waals surface area (Å²) >= 11 is 0. The van der Waals surface area contributed by atoms with Crippen LogP contribution in [0.3, 0.4) is 0 Å². The van der Waals surface area contributed by atoms with E-state index in [1.54, 1.807) is 24.3 Å². The number of aromatic nitrogens is 5. The molecule has 1 aromatic carbocycles. The first-order chi connectivity index (χ1) is 15.3. The fourth-order valence-electron chi connectivity index (χ4n) is 2.53. The summed E-state index contributed by atoms with van der Waals surface area (Å²) in [6, 6.07) is 6.79. The number of benzene rings is 1. The van der Waals surface area contributed by atoms with Crippen LogP contribution in [0.25, 0.3) is 5.95 Å². The highest BCUT2D eigenvalue weighted by atomic mass is 16.5. The monoisotopic (exact) mass is 437 g/mol. The van der Waals surface area contributed by atoms with E-state index in [1.165, 1.54) is 7.11 Å². The molecule has 3 aromatic rings. The molecule has 1 atom stereocenters. The van der Waals surface area contributed by atoms with Crippen LogP contribution in [0.2, 0.25) is 0 Å². The second-order valence-electron chi connectivity index (χ2n) is 6.14. The number of amides is 1. The number of aromatic amines is 2. The molecule has 0 aliphatic rings. The maximum absolute atomic E-state index is 12.6. The second-order valence-corrected chi connectivity index (χ2v) is 6.14. The van der Waals surface area contributed by atoms with E-state index in [2.05, 4.69) is 30.6 Å². The molecule has 32 heavy (non-hydrogen) atoms. The summed E-state index contributed by atoms with van der Waals surface area (Å²) in [6.07, 6.45) is 1.09. The lowest BCUT2D eigenvalue weighted by atomic mass is 10.2. The smallest absolute Gasteiger partial charge is 0.352 e. The van der Waals surface area contributed by atoms with E-state index in [0.29, 0.717) is 11.4 Å². The topological polar surface area (TPSA) is 200 Å². The Morgan fingerprint density at radius 3 is 2.69 bits per heavy atom. The summed E-state index contributed by atoms with van der Waals surface area (Å²) in [4.78, 5) is 55.4. The highest BCUT2D eigenvalue weighted by Gasteiger charge is 2.25. The number of azo groups is 1. The van der Waals surface area contributed by atoms with E-state index >= 15 is 0 Å². The van der Waals surface area contributed by atoms with Crippen molar-refractivity contribution in [1.29, 1.82) is 5.26 Å². The fraction of sp³-hybridized carbons (Fsp3) is 0.167. The van der Waals surface area contributed by atoms with Gasteiger partial charge in [0.1, 0.15) is 17.4 Å². The number of hydrogen-bond acceptors (Lipinski definition) is 10. The van der Waals surface area contributed by atoms with Crippen molar-refractivity contribution in [3.63, 3.8) is 0 Å². The van der Waals surface area contributed by atoms with Crippen molar-refractivity contribution in [2.75, 3.05) is 12.4 Å². The van der Waals surface area contributed by atoms with Gasteiger partial charge in [0.25, 0.3) is 5.91 Å². The lowest BCUT2D eigenvalue weighted by molar-refractivity contribution is -0.126. The lowest BCUT2D eigenvalue weighted by Crippen LogP contribution is -2.32. The Kier molecular flexibility index (Phi) is 6.30. The number of anilines is 1. The first-order valence-electron chi connectivity index (χ1n) is 8.88. The van der Waals surface area contributed by atoms with Crippen LogP contribution in [0.5, 0.6) is 5.75 Å². The van der Waals surface area contributed by atoms with Gasteiger partial charge in [0, 0.05) is 0 Å². The molecule has 0 aliphatic heterocycles. The van der Waals surface area contributed by atoms with Crippen LogP contribution in [0.4, 0.5) is 11.5 Å². The molecule has 0 saturated heterocycles. The van der Waals surface area contributed by atoms with E-state index in [0.717, 1.165) is 17.8 Å². The highest BCUT2D eigenvalue weighted by Crippen LogP contribution is 2.24. The van der Waals surface area contributed by atoms with E-state index < -0.39 is 29.1 Å². The number of methoxy groups -OCH3 is 1. The molecule has 0 fully saturated rings. The minimum Gasteiger partial charge on any atom is -0.495 e. The maximum Gasteiger partial charge on any atom is 0.352 e. The maximum atomic E-state index is 12.6. The number of H-pyrrole nitrogens is 2. The second kappa shape index (κ2) is 9.26. The summed E-state index contributed by atoms with van der Waals surface area (Å²) in [5, 5.41) is 23.3. The standard InChI is InChI=1S/C18H15N9O5/c1-9(28)13(15(29)21-11-5-3-4-6-12(11)32-2)25-26-14-10(7-19)8-20-27(14)16-22-17(30)24-18(31)23-16/h3-6,8,13H,1-2H3,(H,21,29)(H2,22,23,24,30,31). The number of carbonyl (C=O) groups excluding carboxylic acids is 2. The molecule has 2 heterocycles. The van der Waals surface area contributed by atoms with Gasteiger partial charge in [-0.15, -0.1) is 5.11 Å². The third-order valence-electron chi connectivity index (χ3n) is 3.98. The summed E-state index contributed by atoms with van der Waals surface area (Å²) < 4.78 is 6.02. The number of Topliss-reactive ketones (excluding diaryl/α,β-unsaturated/α-hetero) is 1. The fourth-order valence-corrected chi connectivity index (χ4v) is 2.53. The van der Waals surface area contributed by atoms with Crippen LogP contribution in [0, 0.1) is 11.3 Å². The zero-order valence-corrected chi connectivity index (χ0v) is 16.7. The molecular formula is C18H15N9O5. The molecule has 14 nitrogen and oxygen atoms in total. The third kappa shape index (κ3) is 4.62. The van der Waals surface area contributed by atoms with Gasteiger partial charge in [-0.2, -0.15) is 25.1 Å². The van der Waals surface area contributed by atoms with Crippen LogP contribution in [0.1, 0.15) is 12.5 Å². The van der Waals surface area contributed by atoms with Crippen LogP contribution in [0.15, 0.2) is 50.3 Å². The van der Waals surface area contributed by atoms with Gasteiger partial charge in [0.05, 0.1) is 19.0 Å². The van der Waals surface area contributed by atoms with Gasteiger partial charge in [-0.25, -0.2) is 9.59 Å². The van der Waals surface area contributed by atoms with Crippen molar-refractivity contribution in [3.05, 3.63) is 57.0 Å². The van der Waals surface area contributed by atoms with Gasteiger partial charge in [-0.1, -0.05) is 12.1 Å². The molecule has 0 aliphatic carbocycles. The SMILES string of the molecule is COc1ccccc1NC(=O)C(N=Nc1c(C#N)cnn1-c1nc(=O)[nH]c(=O)[nH]1)C(C)=O. The van der Waals surface area contributed by atoms with Crippen LogP contribution < -0.4 is 21.4 Å². The van der Waals surface area contributed by atoms with Gasteiger partial charge in [-0.05, 0) is 19.1 Å². The lowest BCUT2D eigenvalue weighted by Gasteiger charge is -2.12. The quantitative estimate of drug-likeness (QED) is 0.343. The predicted octanol–water partition coefficient (Wildman–Crippen LogP) is 0.204. The van der Waals surface area contributed by atoms with E-state index in [1.807, 2.05) is 11.1 Å². The van der Waals surface area contributed by atoms with Gasteiger partial charge < -0.3 is 10.1 Å². The zero-order valence-electron chi connectivity index (χ0n) is 16.7. The Bertz CT molecular complexity index is 1330. The number of rotatable bonds is 7. The van der Waals surface area contributed by atoms with Crippen LogP contribution in [-0.4, -0.2) is 49.6 Å². The van der Waals surface area contributed by atoms with E-state index in [-0.39, 0.29) is 17.3 Å².